The van der Waals surface area contributed by atoms with E-state index in [1.807, 2.05) is 0 Å². The second kappa shape index (κ2) is 6.37. The first kappa shape index (κ1) is 15.0. The molecule has 1 N–H and O–H groups in total. The van der Waals surface area contributed by atoms with Crippen molar-refractivity contribution in [1.82, 2.24) is 10.2 Å². The first-order valence-electron chi connectivity index (χ1n) is 6.88. The fourth-order valence-electron chi connectivity index (χ4n) is 2.29. The van der Waals surface area contributed by atoms with Gasteiger partial charge in [0.05, 0.1) is 16.2 Å². The Balaban J connectivity index is 2.35. The Labute approximate surface area is 119 Å². The van der Waals surface area contributed by atoms with E-state index in [-0.39, 0.29) is 22.1 Å². The van der Waals surface area contributed by atoms with Crippen LogP contribution in [-0.4, -0.2) is 51.2 Å². The molecule has 1 saturated heterocycles. The average Bonchev–Trinajstić information content (AvgIpc) is 2.75. The number of hydrogen-bond acceptors (Lipinski definition) is 4. The minimum Gasteiger partial charge on any atom is -0.337 e. The summed E-state index contributed by atoms with van der Waals surface area (Å²) in [7, 11) is -3.38. The molecule has 0 spiro atoms. The Morgan fingerprint density at radius 2 is 2.00 bits per heavy atom. The third-order valence-electron chi connectivity index (χ3n) is 3.46. The van der Waals surface area contributed by atoms with Crippen molar-refractivity contribution in [1.29, 1.82) is 0 Å². The third-order valence-corrected chi connectivity index (χ3v) is 5.25. The van der Waals surface area contributed by atoms with Gasteiger partial charge in [0.2, 0.25) is 0 Å². The van der Waals surface area contributed by atoms with Crippen molar-refractivity contribution >= 4 is 15.7 Å². The zero-order valence-corrected chi connectivity index (χ0v) is 12.4. The van der Waals surface area contributed by atoms with Gasteiger partial charge in [0.25, 0.3) is 5.91 Å². The van der Waals surface area contributed by atoms with E-state index in [0.29, 0.717) is 13.1 Å². The third kappa shape index (κ3) is 3.19. The van der Waals surface area contributed by atoms with Crippen LogP contribution in [0.1, 0.15) is 23.7 Å². The number of carbonyl (C=O) groups is 1. The molecule has 6 heteroatoms. The quantitative estimate of drug-likeness (QED) is 0.900. The molecular formula is C14H20N2O3S. The van der Waals surface area contributed by atoms with Crippen molar-refractivity contribution in [2.24, 2.45) is 0 Å². The van der Waals surface area contributed by atoms with Gasteiger partial charge < -0.3 is 10.2 Å². The number of nitrogens with zero attached hydrogens (tertiary/aromatic N) is 1. The second-order valence-corrected chi connectivity index (χ2v) is 7.04. The van der Waals surface area contributed by atoms with Crippen LogP contribution in [0, 0.1) is 0 Å². The molecule has 110 valence electrons. The predicted octanol–water partition coefficient (Wildman–Crippen LogP) is 0.916. The molecule has 2 rings (SSSR count). The van der Waals surface area contributed by atoms with E-state index in [0.717, 1.165) is 19.5 Å². The summed E-state index contributed by atoms with van der Waals surface area (Å²) in [6.45, 7) is 4.49. The number of carbonyl (C=O) groups excluding carboxylic acids is 1. The van der Waals surface area contributed by atoms with Crippen molar-refractivity contribution in [2.45, 2.75) is 18.2 Å². The topological polar surface area (TPSA) is 66.5 Å². The lowest BCUT2D eigenvalue weighted by Crippen LogP contribution is -2.35. The highest BCUT2D eigenvalue weighted by Crippen LogP contribution is 2.19. The van der Waals surface area contributed by atoms with E-state index in [2.05, 4.69) is 5.32 Å². The Hall–Kier alpha value is -1.40. The molecule has 0 unspecified atom stereocenters. The maximum Gasteiger partial charge on any atom is 0.255 e. The number of benzene rings is 1. The highest BCUT2D eigenvalue weighted by atomic mass is 32.2. The fourth-order valence-corrected chi connectivity index (χ4v) is 3.38. The molecular weight excluding hydrogens is 276 g/mol. The fraction of sp³-hybridized carbons (Fsp3) is 0.500. The monoisotopic (exact) mass is 296 g/mol. The molecule has 1 aliphatic rings. The van der Waals surface area contributed by atoms with Crippen LogP contribution in [-0.2, 0) is 9.84 Å². The van der Waals surface area contributed by atoms with Crippen molar-refractivity contribution in [3.8, 4) is 0 Å². The van der Waals surface area contributed by atoms with E-state index in [1.165, 1.54) is 6.07 Å². The van der Waals surface area contributed by atoms with Gasteiger partial charge in [-0.25, -0.2) is 8.42 Å². The number of rotatable bonds is 3. The van der Waals surface area contributed by atoms with Crippen LogP contribution in [0.25, 0.3) is 0 Å². The van der Waals surface area contributed by atoms with E-state index in [1.54, 1.807) is 30.0 Å². The van der Waals surface area contributed by atoms with Gasteiger partial charge in [0.1, 0.15) is 0 Å². The lowest BCUT2D eigenvalue weighted by molar-refractivity contribution is 0.0762. The van der Waals surface area contributed by atoms with Crippen LogP contribution in [0.2, 0.25) is 0 Å². The standard InChI is InChI=1S/C14H20N2O3S/c1-2-20(18,19)13-7-4-3-6-12(13)14(17)16-10-5-8-15-9-11-16/h3-4,6-7,15H,2,5,8-11H2,1H3. The zero-order valence-electron chi connectivity index (χ0n) is 11.6. The normalized spacial score (nSPS) is 16.8. The molecule has 1 heterocycles. The van der Waals surface area contributed by atoms with Crippen molar-refractivity contribution in [2.75, 3.05) is 31.9 Å². The molecule has 0 aliphatic carbocycles. The first-order chi connectivity index (χ1) is 9.56. The Morgan fingerprint density at radius 1 is 1.25 bits per heavy atom. The van der Waals surface area contributed by atoms with Gasteiger partial charge in [-0.05, 0) is 25.1 Å². The van der Waals surface area contributed by atoms with Crippen LogP contribution >= 0.6 is 0 Å². The van der Waals surface area contributed by atoms with E-state index < -0.39 is 9.84 Å². The molecule has 1 amide bonds. The van der Waals surface area contributed by atoms with Crippen LogP contribution in [0.3, 0.4) is 0 Å². The second-order valence-electron chi connectivity index (χ2n) is 4.80. The summed E-state index contributed by atoms with van der Waals surface area (Å²) in [6.07, 6.45) is 0.883. The number of sulfone groups is 1. The Morgan fingerprint density at radius 3 is 2.75 bits per heavy atom. The van der Waals surface area contributed by atoms with Crippen molar-refractivity contribution in [3.63, 3.8) is 0 Å². The van der Waals surface area contributed by atoms with Crippen LogP contribution in [0.5, 0.6) is 0 Å². The molecule has 0 bridgehead atoms. The molecule has 0 atom stereocenters. The molecule has 1 fully saturated rings. The van der Waals surface area contributed by atoms with Gasteiger partial charge in [-0.1, -0.05) is 19.1 Å². The molecule has 5 nitrogen and oxygen atoms in total. The Kier molecular flexibility index (Phi) is 4.77. The van der Waals surface area contributed by atoms with Crippen molar-refractivity contribution in [3.05, 3.63) is 29.8 Å². The van der Waals surface area contributed by atoms with Crippen LogP contribution < -0.4 is 5.32 Å². The predicted molar refractivity (Wildman–Crippen MR) is 77.6 cm³/mol. The summed E-state index contributed by atoms with van der Waals surface area (Å²) in [5.74, 6) is -0.194. The lowest BCUT2D eigenvalue weighted by Gasteiger charge is -2.21. The molecule has 1 aromatic rings. The zero-order chi connectivity index (χ0) is 14.6. The maximum absolute atomic E-state index is 12.6. The average molecular weight is 296 g/mol. The number of hydrogen-bond donors (Lipinski definition) is 1. The molecule has 20 heavy (non-hydrogen) atoms. The van der Waals surface area contributed by atoms with Gasteiger partial charge in [-0.2, -0.15) is 0 Å². The van der Waals surface area contributed by atoms with E-state index in [9.17, 15) is 13.2 Å². The minimum absolute atomic E-state index is 0.00114. The van der Waals surface area contributed by atoms with Gasteiger partial charge in [-0.3, -0.25) is 4.79 Å². The van der Waals surface area contributed by atoms with E-state index >= 15 is 0 Å². The lowest BCUT2D eigenvalue weighted by atomic mass is 10.2. The molecule has 1 aliphatic heterocycles. The maximum atomic E-state index is 12.6. The molecule has 1 aromatic carbocycles. The molecule has 0 saturated carbocycles. The van der Waals surface area contributed by atoms with Crippen molar-refractivity contribution < 1.29 is 13.2 Å². The highest BCUT2D eigenvalue weighted by Gasteiger charge is 2.24. The largest absolute Gasteiger partial charge is 0.337 e. The summed E-state index contributed by atoms with van der Waals surface area (Å²) in [4.78, 5) is 14.4. The van der Waals surface area contributed by atoms with Gasteiger partial charge in [0.15, 0.2) is 9.84 Å². The SMILES string of the molecule is CCS(=O)(=O)c1ccccc1C(=O)N1CCCNCC1. The molecule has 0 aromatic heterocycles. The summed E-state index contributed by atoms with van der Waals surface area (Å²) in [6, 6.07) is 6.48. The summed E-state index contributed by atoms with van der Waals surface area (Å²) in [5, 5.41) is 3.23. The van der Waals surface area contributed by atoms with E-state index in [4.69, 9.17) is 0 Å². The first-order valence-corrected chi connectivity index (χ1v) is 8.53. The minimum atomic E-state index is -3.38. The van der Waals surface area contributed by atoms with Crippen LogP contribution in [0.4, 0.5) is 0 Å². The van der Waals surface area contributed by atoms with Crippen LogP contribution in [0.15, 0.2) is 29.2 Å². The summed E-state index contributed by atoms with van der Waals surface area (Å²) >= 11 is 0. The van der Waals surface area contributed by atoms with Gasteiger partial charge in [-0.15, -0.1) is 0 Å². The van der Waals surface area contributed by atoms with Gasteiger partial charge in [0, 0.05) is 19.6 Å². The number of nitrogens with one attached hydrogen (secondary N) is 1. The molecule has 0 radical (unpaired) electrons. The highest BCUT2D eigenvalue weighted by molar-refractivity contribution is 7.91. The smallest absolute Gasteiger partial charge is 0.255 e. The number of amides is 1. The Bertz CT molecular complexity index is 576. The summed E-state index contributed by atoms with van der Waals surface area (Å²) in [5.41, 5.74) is 0.288. The summed E-state index contributed by atoms with van der Waals surface area (Å²) < 4.78 is 24.2. The van der Waals surface area contributed by atoms with Gasteiger partial charge >= 0.3 is 0 Å².